The summed E-state index contributed by atoms with van der Waals surface area (Å²) in [6.07, 6.45) is -5.12. The third kappa shape index (κ3) is 11.3. The molecule has 1 N–H and O–H groups in total. The lowest BCUT2D eigenvalue weighted by molar-refractivity contribution is -0.170. The van der Waals surface area contributed by atoms with Gasteiger partial charge in [0.2, 0.25) is 5.75 Å². The van der Waals surface area contributed by atoms with Crippen LogP contribution in [0.2, 0.25) is 0 Å². The lowest BCUT2D eigenvalue weighted by Crippen LogP contribution is -2.46. The van der Waals surface area contributed by atoms with Crippen LogP contribution in [0.15, 0.2) is 112 Å². The fourth-order valence-corrected chi connectivity index (χ4v) is 6.02. The first-order valence-corrected chi connectivity index (χ1v) is 18.0. The quantitative estimate of drug-likeness (QED) is 0.0960. The molecule has 0 spiro atoms. The van der Waals surface area contributed by atoms with Crippen LogP contribution < -0.4 is 25.4 Å². The lowest BCUT2D eigenvalue weighted by Gasteiger charge is -2.27. The van der Waals surface area contributed by atoms with Gasteiger partial charge in [0.25, 0.3) is 5.56 Å². The highest BCUT2D eigenvalue weighted by Crippen LogP contribution is 2.43. The zero-order chi connectivity index (χ0) is 39.4. The number of carbonyl (C=O) groups is 3. The maximum absolute atomic E-state index is 16.6. The summed E-state index contributed by atoms with van der Waals surface area (Å²) >= 11 is 0. The number of aromatic amines is 1. The van der Waals surface area contributed by atoms with E-state index in [9.17, 15) is 28.9 Å². The molecule has 1 saturated heterocycles. The summed E-state index contributed by atoms with van der Waals surface area (Å²) in [6, 6.07) is 23.4. The highest BCUT2D eigenvalue weighted by atomic mass is 31.1. The maximum Gasteiger partial charge on any atom is 0.509 e. The highest BCUT2D eigenvalue weighted by molar-refractivity contribution is 7.34. The second kappa shape index (κ2) is 18.9. The molecule has 5 rings (SSSR count). The Kier molecular flexibility index (Phi) is 13.9. The standard InChI is InChI=1S/C37H37FN3O13P/c1-24(33(44)48-20-18-31(43)50-21-25-11-5-3-6-12-25)40-55(47)54-28-16-10-9-15-27(28)49-23-29-32(53-36(46)51-22-26-13-7-4-8-14-26)37(2,38)34(52-29)41-19-17-30(42)39-35(41)45/h3-17,19,24,29,32,34H,18,20-23H2,1-2H3,(H,39,42,45)/t24-,29+,32+,34+,37+/m0/s1. The van der Waals surface area contributed by atoms with Crippen molar-refractivity contribution in [2.45, 2.75) is 63.6 Å². The Morgan fingerprint density at radius 3 is 2.20 bits per heavy atom. The van der Waals surface area contributed by atoms with Crippen molar-refractivity contribution in [1.29, 1.82) is 0 Å². The molecular weight excluding hydrogens is 744 g/mol. The fourth-order valence-electron chi connectivity index (χ4n) is 5.27. The Balaban J connectivity index is 1.20. The molecule has 2 heterocycles. The van der Waals surface area contributed by atoms with E-state index in [1.807, 2.05) is 23.2 Å². The van der Waals surface area contributed by atoms with E-state index in [1.54, 1.807) is 48.5 Å². The van der Waals surface area contributed by atoms with Crippen LogP contribution in [0.25, 0.3) is 0 Å². The minimum atomic E-state index is -2.87. The van der Waals surface area contributed by atoms with Gasteiger partial charge in [-0.25, -0.2) is 18.8 Å². The molecule has 16 nitrogen and oxygen atoms in total. The van der Waals surface area contributed by atoms with Crippen LogP contribution in [0.4, 0.5) is 9.18 Å². The van der Waals surface area contributed by atoms with E-state index in [2.05, 4.69) is 4.74 Å². The van der Waals surface area contributed by atoms with Gasteiger partial charge < -0.3 is 33.3 Å². The van der Waals surface area contributed by atoms with E-state index >= 15 is 4.39 Å². The number of hydrogen-bond donors (Lipinski definition) is 1. The minimum absolute atomic E-state index is 0.00971. The number of hydrogen-bond acceptors (Lipinski definition) is 14. The number of ether oxygens (including phenoxy) is 6. The van der Waals surface area contributed by atoms with E-state index in [0.29, 0.717) is 5.56 Å². The number of nitrogens with zero attached hydrogens (tertiary/aromatic N) is 2. The van der Waals surface area contributed by atoms with Gasteiger partial charge in [0.15, 0.2) is 29.8 Å². The van der Waals surface area contributed by atoms with Crippen LogP contribution in [-0.2, 0) is 46.5 Å². The van der Waals surface area contributed by atoms with Crippen molar-refractivity contribution in [2.24, 2.45) is 4.74 Å². The third-order valence-corrected chi connectivity index (χ3v) is 8.93. The zero-order valence-electron chi connectivity index (χ0n) is 29.6. The molecule has 18 heteroatoms. The molecular formula is C37H37FN3O13P. The molecule has 0 saturated carbocycles. The van der Waals surface area contributed by atoms with Gasteiger partial charge >= 0.3 is 32.0 Å². The molecule has 6 atom stereocenters. The fraction of sp³-hybridized carbons (Fsp3) is 0.324. The van der Waals surface area contributed by atoms with Gasteiger partial charge in [-0.3, -0.25) is 23.7 Å². The molecule has 0 radical (unpaired) electrons. The number of aromatic nitrogens is 2. The van der Waals surface area contributed by atoms with E-state index in [0.717, 1.165) is 29.3 Å². The third-order valence-electron chi connectivity index (χ3n) is 8.04. The van der Waals surface area contributed by atoms with Gasteiger partial charge in [0.05, 0.1) is 6.42 Å². The van der Waals surface area contributed by atoms with Crippen molar-refractivity contribution < 1.29 is 56.6 Å². The molecule has 290 valence electrons. The van der Waals surface area contributed by atoms with Crippen LogP contribution in [0, 0.1) is 0 Å². The highest BCUT2D eigenvalue weighted by Gasteiger charge is 2.58. The number of esters is 2. The van der Waals surface area contributed by atoms with E-state index in [-0.39, 0.29) is 37.7 Å². The van der Waals surface area contributed by atoms with Gasteiger partial charge in [-0.15, -0.1) is 0 Å². The Bertz CT molecular complexity index is 2080. The first-order valence-electron chi connectivity index (χ1n) is 16.9. The number of para-hydroxylation sites is 2. The monoisotopic (exact) mass is 781 g/mol. The molecule has 1 unspecified atom stereocenters. The Morgan fingerprint density at radius 1 is 0.927 bits per heavy atom. The lowest BCUT2D eigenvalue weighted by atomic mass is 9.98. The molecule has 55 heavy (non-hydrogen) atoms. The van der Waals surface area contributed by atoms with Crippen LogP contribution in [-0.4, -0.2) is 64.8 Å². The van der Waals surface area contributed by atoms with Gasteiger partial charge in [0, 0.05) is 12.3 Å². The van der Waals surface area contributed by atoms with Crippen molar-refractivity contribution in [3.8, 4) is 11.5 Å². The summed E-state index contributed by atoms with van der Waals surface area (Å²) in [5.74, 6) is -1.52. The largest absolute Gasteiger partial charge is 0.575 e. The van der Waals surface area contributed by atoms with Gasteiger partial charge in [0.1, 0.15) is 32.5 Å². The van der Waals surface area contributed by atoms with Crippen molar-refractivity contribution in [3.63, 3.8) is 0 Å². The molecule has 1 aromatic heterocycles. The van der Waals surface area contributed by atoms with Crippen molar-refractivity contribution >= 4 is 26.3 Å². The summed E-state index contributed by atoms with van der Waals surface area (Å²) in [7, 11) is -2.87. The van der Waals surface area contributed by atoms with Crippen LogP contribution in [0.1, 0.15) is 37.6 Å². The molecule has 3 aromatic carbocycles. The van der Waals surface area contributed by atoms with E-state index in [4.69, 9.17) is 32.9 Å². The summed E-state index contributed by atoms with van der Waals surface area (Å²) in [5, 5.41) is 0. The Hall–Kier alpha value is -5.90. The second-order valence-corrected chi connectivity index (χ2v) is 13.1. The minimum Gasteiger partial charge on any atom is -0.575 e. The average molecular weight is 782 g/mol. The SMILES string of the molecule is C[C@H](N=[P+]([O-])Oc1ccccc1OC[C@H]1O[C@@H](n2ccc(=O)[nH]c2=O)[C@](C)(F)[C@@H]1OC(=O)OCc1ccccc1)C(=O)OCCC(=O)OCc1ccccc1. The van der Waals surface area contributed by atoms with Gasteiger partial charge in [-0.05, 0) is 37.1 Å². The molecule has 4 aromatic rings. The number of H-pyrrole nitrogens is 1. The van der Waals surface area contributed by atoms with Crippen LogP contribution in [0.5, 0.6) is 11.5 Å². The predicted molar refractivity (Wildman–Crippen MR) is 189 cm³/mol. The maximum atomic E-state index is 16.6. The van der Waals surface area contributed by atoms with Gasteiger partial charge in [-0.1, -0.05) is 77.5 Å². The first kappa shape index (κ1) is 40.3. The number of halogens is 1. The Labute approximate surface area is 314 Å². The average Bonchev–Trinajstić information content (AvgIpc) is 3.41. The van der Waals surface area contributed by atoms with E-state index < -0.39 is 74.3 Å². The zero-order valence-corrected chi connectivity index (χ0v) is 30.5. The normalized spacial score (nSPS) is 19.9. The first-order chi connectivity index (χ1) is 26.4. The summed E-state index contributed by atoms with van der Waals surface area (Å²) in [5.41, 5.74) is -2.81. The summed E-state index contributed by atoms with van der Waals surface area (Å²) in [4.78, 5) is 76.4. The molecule has 0 aliphatic carbocycles. The number of nitrogens with one attached hydrogen (secondary N) is 1. The number of benzene rings is 3. The number of alkyl halides is 1. The van der Waals surface area contributed by atoms with Crippen LogP contribution in [0.3, 0.4) is 0 Å². The molecule has 1 fully saturated rings. The molecule has 0 bridgehead atoms. The van der Waals surface area contributed by atoms with Crippen molar-refractivity contribution in [2.75, 3.05) is 13.2 Å². The molecule has 0 amide bonds. The Morgan fingerprint density at radius 2 is 1.55 bits per heavy atom. The number of carbonyl (C=O) groups excluding carboxylic acids is 3. The molecule has 1 aliphatic rings. The summed E-state index contributed by atoms with van der Waals surface area (Å²) in [6.45, 7) is 1.51. The van der Waals surface area contributed by atoms with Crippen molar-refractivity contribution in [3.05, 3.63) is 129 Å². The second-order valence-electron chi connectivity index (χ2n) is 12.2. The van der Waals surface area contributed by atoms with Gasteiger partial charge in [-0.2, -0.15) is 0 Å². The number of rotatable bonds is 16. The van der Waals surface area contributed by atoms with E-state index in [1.165, 1.54) is 25.1 Å². The smallest absolute Gasteiger partial charge is 0.509 e. The van der Waals surface area contributed by atoms with Crippen LogP contribution >= 0.6 is 8.17 Å². The predicted octanol–water partition coefficient (Wildman–Crippen LogP) is 4.26. The van der Waals surface area contributed by atoms with Crippen molar-refractivity contribution in [1.82, 2.24) is 9.55 Å². The topological polar surface area (TPSA) is 206 Å². The summed E-state index contributed by atoms with van der Waals surface area (Å²) < 4.78 is 59.2. The molecule has 1 aliphatic heterocycles.